The predicted octanol–water partition coefficient (Wildman–Crippen LogP) is 4.93. The van der Waals surface area contributed by atoms with Crippen LogP contribution in [0.3, 0.4) is 0 Å². The van der Waals surface area contributed by atoms with Crippen molar-refractivity contribution in [3.05, 3.63) is 24.3 Å². The first-order valence-electron chi connectivity index (χ1n) is 8.46. The van der Waals surface area contributed by atoms with Crippen molar-refractivity contribution in [2.24, 2.45) is 29.1 Å². The molecule has 1 nitrogen and oxygen atoms in total. The van der Waals surface area contributed by atoms with Gasteiger partial charge in [0.15, 0.2) is 5.78 Å². The summed E-state index contributed by atoms with van der Waals surface area (Å²) in [6.45, 7) is 8.90. The molecule has 0 N–H and O–H groups in total. The van der Waals surface area contributed by atoms with Gasteiger partial charge in [-0.15, -0.1) is 6.58 Å². The average Bonchev–Trinajstić information content (AvgIpc) is 2.46. The van der Waals surface area contributed by atoms with E-state index >= 15 is 0 Å². The zero-order valence-corrected chi connectivity index (χ0v) is 13.0. The average molecular weight is 272 g/mol. The summed E-state index contributed by atoms with van der Waals surface area (Å²) >= 11 is 0. The van der Waals surface area contributed by atoms with Gasteiger partial charge in [0.2, 0.25) is 0 Å². The normalized spacial score (nSPS) is 44.3. The van der Waals surface area contributed by atoms with Crippen LogP contribution in [0.5, 0.6) is 0 Å². The number of hydrogen-bond donors (Lipinski definition) is 0. The SMILES string of the molecule is C=C[C@@]1(C)CCC2C(CCC3=CC(=O)CC[C@@H]32)C1CC. The molecule has 2 saturated carbocycles. The second kappa shape index (κ2) is 5.16. The van der Waals surface area contributed by atoms with Crippen molar-refractivity contribution in [2.45, 2.75) is 58.8 Å². The van der Waals surface area contributed by atoms with Gasteiger partial charge in [0.1, 0.15) is 0 Å². The van der Waals surface area contributed by atoms with Crippen molar-refractivity contribution < 1.29 is 4.79 Å². The highest BCUT2D eigenvalue weighted by molar-refractivity contribution is 5.91. The molecule has 20 heavy (non-hydrogen) atoms. The Bertz CT molecular complexity index is 447. The summed E-state index contributed by atoms with van der Waals surface area (Å²) in [5.74, 6) is 3.56. The maximum atomic E-state index is 11.7. The van der Waals surface area contributed by atoms with E-state index in [1.165, 1.54) is 37.7 Å². The van der Waals surface area contributed by atoms with Gasteiger partial charge in [0.25, 0.3) is 0 Å². The fourth-order valence-corrected chi connectivity index (χ4v) is 5.55. The molecule has 0 aromatic carbocycles. The Hall–Kier alpha value is -0.850. The highest BCUT2D eigenvalue weighted by Crippen LogP contribution is 2.57. The number of rotatable bonds is 2. The van der Waals surface area contributed by atoms with Crippen LogP contribution in [0.15, 0.2) is 24.3 Å². The molecule has 3 unspecified atom stereocenters. The largest absolute Gasteiger partial charge is 0.295 e. The van der Waals surface area contributed by atoms with E-state index < -0.39 is 0 Å². The second-order valence-electron chi connectivity index (χ2n) is 7.46. The van der Waals surface area contributed by atoms with Crippen molar-refractivity contribution in [1.29, 1.82) is 0 Å². The third kappa shape index (κ3) is 2.10. The molecule has 0 spiro atoms. The highest BCUT2D eigenvalue weighted by atomic mass is 16.1. The highest BCUT2D eigenvalue weighted by Gasteiger charge is 2.48. The first-order chi connectivity index (χ1) is 9.59. The van der Waals surface area contributed by atoms with Crippen LogP contribution < -0.4 is 0 Å². The third-order valence-electron chi connectivity index (χ3n) is 6.64. The summed E-state index contributed by atoms with van der Waals surface area (Å²) in [6, 6.07) is 0. The lowest BCUT2D eigenvalue weighted by Gasteiger charge is -2.54. The minimum Gasteiger partial charge on any atom is -0.295 e. The quantitative estimate of drug-likeness (QED) is 0.651. The van der Waals surface area contributed by atoms with Crippen LogP contribution in [0.1, 0.15) is 58.8 Å². The fraction of sp³-hybridized carbons (Fsp3) is 0.737. The smallest absolute Gasteiger partial charge is 0.155 e. The van der Waals surface area contributed by atoms with E-state index in [4.69, 9.17) is 0 Å². The summed E-state index contributed by atoms with van der Waals surface area (Å²) in [7, 11) is 0. The molecule has 0 aromatic rings. The summed E-state index contributed by atoms with van der Waals surface area (Å²) in [5.41, 5.74) is 1.82. The number of hydrogen-bond acceptors (Lipinski definition) is 1. The lowest BCUT2D eigenvalue weighted by atomic mass is 9.51. The van der Waals surface area contributed by atoms with Crippen LogP contribution in [0.25, 0.3) is 0 Å². The topological polar surface area (TPSA) is 17.1 Å². The van der Waals surface area contributed by atoms with Gasteiger partial charge in [0, 0.05) is 6.42 Å². The lowest BCUT2D eigenvalue weighted by Crippen LogP contribution is -2.45. The van der Waals surface area contributed by atoms with Crippen molar-refractivity contribution in [1.82, 2.24) is 0 Å². The number of allylic oxidation sites excluding steroid dienone is 3. The van der Waals surface area contributed by atoms with Gasteiger partial charge in [-0.05, 0) is 67.3 Å². The molecule has 2 fully saturated rings. The monoisotopic (exact) mass is 272 g/mol. The van der Waals surface area contributed by atoms with E-state index in [0.717, 1.165) is 36.5 Å². The number of fused-ring (bicyclic) bond motifs is 3. The predicted molar refractivity (Wildman–Crippen MR) is 83.3 cm³/mol. The van der Waals surface area contributed by atoms with Gasteiger partial charge in [-0.3, -0.25) is 4.79 Å². The Labute approximate surface area is 123 Å². The van der Waals surface area contributed by atoms with Crippen molar-refractivity contribution in [2.75, 3.05) is 0 Å². The van der Waals surface area contributed by atoms with Gasteiger partial charge in [0.05, 0.1) is 0 Å². The van der Waals surface area contributed by atoms with Gasteiger partial charge >= 0.3 is 0 Å². The molecule has 5 atom stereocenters. The van der Waals surface area contributed by atoms with E-state index in [1.54, 1.807) is 0 Å². The summed E-state index contributed by atoms with van der Waals surface area (Å²) in [4.78, 5) is 11.7. The minimum atomic E-state index is 0.335. The summed E-state index contributed by atoms with van der Waals surface area (Å²) < 4.78 is 0. The number of carbonyl (C=O) groups is 1. The fourth-order valence-electron chi connectivity index (χ4n) is 5.55. The Morgan fingerprint density at radius 2 is 2.10 bits per heavy atom. The molecule has 0 heterocycles. The third-order valence-corrected chi connectivity index (χ3v) is 6.64. The van der Waals surface area contributed by atoms with Crippen LogP contribution in [0, 0.1) is 29.1 Å². The molecule has 3 aliphatic carbocycles. The maximum absolute atomic E-state index is 11.7. The molecular formula is C19H28O. The minimum absolute atomic E-state index is 0.335. The van der Waals surface area contributed by atoms with E-state index in [1.807, 2.05) is 6.08 Å². The first-order valence-corrected chi connectivity index (χ1v) is 8.46. The van der Waals surface area contributed by atoms with Crippen LogP contribution >= 0.6 is 0 Å². The van der Waals surface area contributed by atoms with Crippen LogP contribution in [0.4, 0.5) is 0 Å². The van der Waals surface area contributed by atoms with Crippen LogP contribution in [-0.4, -0.2) is 5.78 Å². The van der Waals surface area contributed by atoms with E-state index in [2.05, 4.69) is 26.5 Å². The van der Waals surface area contributed by atoms with Crippen molar-refractivity contribution in [3.63, 3.8) is 0 Å². The molecule has 3 rings (SSSR count). The zero-order chi connectivity index (χ0) is 14.3. The van der Waals surface area contributed by atoms with E-state index in [0.29, 0.717) is 11.2 Å². The molecule has 3 aliphatic rings. The van der Waals surface area contributed by atoms with E-state index in [9.17, 15) is 4.79 Å². The van der Waals surface area contributed by atoms with Gasteiger partial charge in [-0.25, -0.2) is 0 Å². The van der Waals surface area contributed by atoms with Gasteiger partial charge < -0.3 is 0 Å². The van der Waals surface area contributed by atoms with Gasteiger partial charge in [-0.2, -0.15) is 0 Å². The lowest BCUT2D eigenvalue weighted by molar-refractivity contribution is -0.116. The van der Waals surface area contributed by atoms with Crippen molar-refractivity contribution in [3.8, 4) is 0 Å². The zero-order valence-electron chi connectivity index (χ0n) is 13.0. The summed E-state index contributed by atoms with van der Waals surface area (Å²) in [6.07, 6.45) is 12.5. The second-order valence-corrected chi connectivity index (χ2v) is 7.46. The van der Waals surface area contributed by atoms with Crippen LogP contribution in [-0.2, 0) is 4.79 Å². The summed E-state index contributed by atoms with van der Waals surface area (Å²) in [5, 5.41) is 0. The van der Waals surface area contributed by atoms with Gasteiger partial charge in [-0.1, -0.05) is 31.9 Å². The molecule has 0 aromatic heterocycles. The molecule has 0 radical (unpaired) electrons. The molecule has 0 amide bonds. The van der Waals surface area contributed by atoms with Crippen molar-refractivity contribution >= 4 is 5.78 Å². The van der Waals surface area contributed by atoms with E-state index in [-0.39, 0.29) is 0 Å². The Morgan fingerprint density at radius 1 is 1.30 bits per heavy atom. The molecule has 110 valence electrons. The van der Waals surface area contributed by atoms with Crippen LogP contribution in [0.2, 0.25) is 0 Å². The molecule has 0 saturated heterocycles. The Balaban J connectivity index is 1.88. The number of ketones is 1. The Kier molecular flexibility index (Phi) is 3.64. The number of carbonyl (C=O) groups excluding carboxylic acids is 1. The Morgan fingerprint density at radius 3 is 2.80 bits per heavy atom. The molecular weight excluding hydrogens is 244 g/mol. The maximum Gasteiger partial charge on any atom is 0.155 e. The standard InChI is InChI=1S/C19H28O/c1-4-18-17-8-6-13-12-14(20)7-9-15(13)16(17)10-11-19(18,3)5-2/h5,12,15-18H,2,4,6-11H2,1,3H3/t15-,16?,17?,18?,19-/m0/s1. The first kappa shape index (κ1) is 14.1. The molecule has 0 aliphatic heterocycles. The molecule has 1 heteroatoms. The molecule has 0 bridgehead atoms.